The molecule has 1 aliphatic heterocycles. The van der Waals surface area contributed by atoms with Gasteiger partial charge in [-0.2, -0.15) is 0 Å². The number of hydrogen-bond acceptors (Lipinski definition) is 2. The van der Waals surface area contributed by atoms with Gasteiger partial charge in [-0.1, -0.05) is 135 Å². The molecule has 0 amide bonds. The van der Waals surface area contributed by atoms with Gasteiger partial charge in [0.15, 0.2) is 0 Å². The lowest BCUT2D eigenvalue weighted by molar-refractivity contribution is 0.00578. The van der Waals surface area contributed by atoms with Crippen molar-refractivity contribution in [3.8, 4) is 22.5 Å². The Bertz CT molecular complexity index is 3130. The lowest BCUT2D eigenvalue weighted by Gasteiger charge is -2.32. The van der Waals surface area contributed by atoms with E-state index < -0.39 is 0 Å². The lowest BCUT2D eigenvalue weighted by Crippen LogP contribution is -2.41. The summed E-state index contributed by atoms with van der Waals surface area (Å²) in [5.74, 6) is 0. The second-order valence-corrected chi connectivity index (χ2v) is 19.5. The Morgan fingerprint density at radius 2 is 0.823 bits per heavy atom. The van der Waals surface area contributed by atoms with Crippen LogP contribution in [0.4, 0.5) is 0 Å². The summed E-state index contributed by atoms with van der Waals surface area (Å²) < 4.78 is 20.7. The van der Waals surface area contributed by atoms with Gasteiger partial charge in [0.25, 0.3) is 0 Å². The van der Waals surface area contributed by atoms with Crippen molar-refractivity contribution in [1.82, 2.24) is 9.13 Å². The average molecular weight is 1050 g/mol. The lowest BCUT2D eigenvalue weighted by atomic mass is 9.78. The van der Waals surface area contributed by atoms with Crippen LogP contribution in [0, 0.1) is 3.57 Å². The van der Waals surface area contributed by atoms with Crippen LogP contribution in [0.15, 0.2) is 203 Å². The van der Waals surface area contributed by atoms with Crippen LogP contribution in [-0.2, 0) is 9.31 Å². The van der Waals surface area contributed by atoms with Crippen LogP contribution in [-0.4, -0.2) is 27.5 Å². The summed E-state index contributed by atoms with van der Waals surface area (Å²) in [5.41, 5.74) is 10.1. The molecule has 0 saturated carbocycles. The molecule has 1 saturated heterocycles. The summed E-state index contributed by atoms with van der Waals surface area (Å²) in [6.45, 7) is 8.36. The van der Waals surface area contributed by atoms with E-state index in [1.165, 1.54) is 64.0 Å². The minimum Gasteiger partial charge on any atom is -0.399 e. The van der Waals surface area contributed by atoms with E-state index in [1.807, 2.05) is 18.2 Å². The normalized spacial score (nSPS) is 14.1. The van der Waals surface area contributed by atoms with Gasteiger partial charge in [0.2, 0.25) is 0 Å². The number of nitrogens with zero attached hydrogens (tertiary/aromatic N) is 2. The number of benzene rings is 8. The van der Waals surface area contributed by atoms with Crippen LogP contribution >= 0.6 is 54.5 Å². The molecule has 1 fully saturated rings. The van der Waals surface area contributed by atoms with Gasteiger partial charge in [0, 0.05) is 45.4 Å². The second kappa shape index (κ2) is 17.7. The Morgan fingerprint density at radius 3 is 1.32 bits per heavy atom. The van der Waals surface area contributed by atoms with E-state index in [0.717, 1.165) is 20.1 Å². The van der Waals surface area contributed by atoms with Gasteiger partial charge in [-0.3, -0.25) is 0 Å². The monoisotopic (exact) mass is 1050 g/mol. The third-order valence-electron chi connectivity index (χ3n) is 11.9. The highest BCUT2D eigenvalue weighted by molar-refractivity contribution is 14.1. The quantitative estimate of drug-likeness (QED) is 0.130. The highest BCUT2D eigenvalue weighted by Crippen LogP contribution is 2.38. The molecule has 10 aromatic rings. The summed E-state index contributed by atoms with van der Waals surface area (Å²) >= 11 is 9.13. The van der Waals surface area contributed by atoms with E-state index in [9.17, 15) is 0 Å². The van der Waals surface area contributed by atoms with Crippen molar-refractivity contribution in [3.05, 3.63) is 207 Å². The first-order valence-corrected chi connectivity index (χ1v) is 23.3. The third kappa shape index (κ3) is 8.43. The number of para-hydroxylation sites is 4. The largest absolute Gasteiger partial charge is 0.494 e. The molecule has 4 nitrogen and oxygen atoms in total. The van der Waals surface area contributed by atoms with Gasteiger partial charge in [-0.05, 0) is 158 Å². The van der Waals surface area contributed by atoms with Crippen LogP contribution in [0.3, 0.4) is 0 Å². The number of hydrogen-bond donors (Lipinski definition) is 0. The summed E-state index contributed by atoms with van der Waals surface area (Å²) in [6.07, 6.45) is 0. The zero-order chi connectivity index (χ0) is 43.0. The van der Waals surface area contributed by atoms with Crippen LogP contribution < -0.4 is 5.46 Å². The second-order valence-electron chi connectivity index (χ2n) is 16.4. The zero-order valence-corrected chi connectivity index (χ0v) is 40.2. The fraction of sp³-hybridized carbons (Fsp3) is 0.111. The Morgan fingerprint density at radius 1 is 0.419 bits per heavy atom. The first kappa shape index (κ1) is 42.3. The molecule has 62 heavy (non-hydrogen) atoms. The highest BCUT2D eigenvalue weighted by atomic mass is 127. The first-order chi connectivity index (χ1) is 30.0. The standard InChI is InChI=1S/C24H24BNO2.C24H16BrN.C6H4BrI/c1-23(2)24(3,4)28-25(27-23)17-14-15-22-20(16-17)19-12-8-9-13-21(19)26(22)18-10-6-5-7-11-18;25-19-13-10-17(11-14-19)18-12-15-24-22(16-18)21-8-4-5-9-23(21)26(24)20-6-2-1-3-7-20;7-5-1-3-6(8)4-2-5/h5-16H,1-4H3;1-16H;1-4H. The maximum Gasteiger partial charge on any atom is 0.494 e. The van der Waals surface area contributed by atoms with E-state index in [4.69, 9.17) is 9.31 Å². The third-order valence-corrected chi connectivity index (χ3v) is 13.7. The fourth-order valence-electron chi connectivity index (χ4n) is 8.05. The van der Waals surface area contributed by atoms with Crippen LogP contribution in [0.25, 0.3) is 66.1 Å². The molecule has 11 rings (SSSR count). The average Bonchev–Trinajstić information content (AvgIpc) is 3.88. The smallest absolute Gasteiger partial charge is 0.399 e. The predicted octanol–water partition coefficient (Wildman–Crippen LogP) is 15.3. The van der Waals surface area contributed by atoms with E-state index in [2.05, 4.69) is 267 Å². The molecular formula is C54H44BBr2IN2O2. The highest BCUT2D eigenvalue weighted by Gasteiger charge is 2.51. The summed E-state index contributed by atoms with van der Waals surface area (Å²) in [6, 6.07) is 68.2. The maximum atomic E-state index is 6.27. The van der Waals surface area contributed by atoms with Crippen LogP contribution in [0.2, 0.25) is 0 Å². The SMILES string of the molecule is Brc1ccc(-c2ccc3c(c2)c2ccccc2n3-c2ccccc2)cc1.Brc1ccc(I)cc1.CC1(C)OB(c2ccc3c(c2)c2ccccc2n3-c2ccccc2)OC1(C)C. The van der Waals surface area contributed by atoms with Gasteiger partial charge >= 0.3 is 7.12 Å². The molecule has 0 spiro atoms. The van der Waals surface area contributed by atoms with Crippen molar-refractivity contribution < 1.29 is 9.31 Å². The number of aromatic nitrogens is 2. The van der Waals surface area contributed by atoms with Crippen molar-refractivity contribution in [1.29, 1.82) is 0 Å². The van der Waals surface area contributed by atoms with Gasteiger partial charge < -0.3 is 18.4 Å². The zero-order valence-electron chi connectivity index (χ0n) is 34.9. The molecule has 0 atom stereocenters. The Labute approximate surface area is 394 Å². The van der Waals surface area contributed by atoms with Crippen molar-refractivity contribution in [2.45, 2.75) is 38.9 Å². The van der Waals surface area contributed by atoms with Crippen molar-refractivity contribution >= 4 is 111 Å². The van der Waals surface area contributed by atoms with E-state index in [0.29, 0.717) is 0 Å². The van der Waals surface area contributed by atoms with E-state index >= 15 is 0 Å². The van der Waals surface area contributed by atoms with Crippen molar-refractivity contribution in [3.63, 3.8) is 0 Å². The van der Waals surface area contributed by atoms with Crippen LogP contribution in [0.1, 0.15) is 27.7 Å². The maximum absolute atomic E-state index is 6.27. The van der Waals surface area contributed by atoms with Gasteiger partial charge in [-0.25, -0.2) is 0 Å². The van der Waals surface area contributed by atoms with Gasteiger partial charge in [0.05, 0.1) is 33.3 Å². The molecule has 8 heteroatoms. The topological polar surface area (TPSA) is 28.3 Å². The number of rotatable bonds is 4. The summed E-state index contributed by atoms with van der Waals surface area (Å²) in [7, 11) is -0.353. The molecular weight excluding hydrogens is 1010 g/mol. The molecule has 1 aliphatic rings. The molecule has 0 unspecified atom stereocenters. The Kier molecular flexibility index (Phi) is 12.1. The minimum absolute atomic E-state index is 0.343. The number of halogens is 3. The molecule has 306 valence electrons. The molecule has 0 aliphatic carbocycles. The van der Waals surface area contributed by atoms with E-state index in [1.54, 1.807) is 0 Å². The van der Waals surface area contributed by atoms with Gasteiger partial charge in [0.1, 0.15) is 0 Å². The van der Waals surface area contributed by atoms with Crippen molar-refractivity contribution in [2.24, 2.45) is 0 Å². The molecule has 8 aromatic carbocycles. The molecule has 0 radical (unpaired) electrons. The first-order valence-electron chi connectivity index (χ1n) is 20.7. The molecule has 0 bridgehead atoms. The number of fused-ring (bicyclic) bond motifs is 6. The summed E-state index contributed by atoms with van der Waals surface area (Å²) in [5, 5.41) is 5.02. The van der Waals surface area contributed by atoms with Crippen molar-refractivity contribution in [2.75, 3.05) is 0 Å². The van der Waals surface area contributed by atoms with Crippen LogP contribution in [0.5, 0.6) is 0 Å². The predicted molar refractivity (Wildman–Crippen MR) is 277 cm³/mol. The molecule has 0 N–H and O–H groups in total. The minimum atomic E-state index is -0.353. The van der Waals surface area contributed by atoms with Gasteiger partial charge in [-0.15, -0.1) is 0 Å². The Balaban J connectivity index is 0.000000135. The molecule has 2 aromatic heterocycles. The summed E-state index contributed by atoms with van der Waals surface area (Å²) in [4.78, 5) is 0. The van der Waals surface area contributed by atoms with E-state index in [-0.39, 0.29) is 18.3 Å². The molecule has 3 heterocycles. The fourth-order valence-corrected chi connectivity index (χ4v) is 8.94. The Hall–Kier alpha value is -4.97.